The maximum absolute atomic E-state index is 5.99. The normalized spacial score (nSPS) is 11.0. The van der Waals surface area contributed by atoms with Crippen LogP contribution in [-0.2, 0) is 0 Å². The van der Waals surface area contributed by atoms with E-state index in [1.165, 1.54) is 0 Å². The van der Waals surface area contributed by atoms with Gasteiger partial charge in [0.15, 0.2) is 5.58 Å². The van der Waals surface area contributed by atoms with Crippen LogP contribution in [0.5, 0.6) is 0 Å². The van der Waals surface area contributed by atoms with Gasteiger partial charge in [0, 0.05) is 4.47 Å². The minimum Gasteiger partial charge on any atom is -0.436 e. The first-order chi connectivity index (χ1) is 8.65. The lowest BCUT2D eigenvalue weighted by Crippen LogP contribution is -1.90. The molecule has 2 aromatic carbocycles. The van der Waals surface area contributed by atoms with Crippen LogP contribution in [0, 0.1) is 0 Å². The van der Waals surface area contributed by atoms with Crippen molar-refractivity contribution in [3.63, 3.8) is 0 Å². The van der Waals surface area contributed by atoms with Crippen molar-refractivity contribution in [2.24, 2.45) is 0 Å². The van der Waals surface area contributed by atoms with Gasteiger partial charge in [-0.3, -0.25) is 0 Å². The smallest absolute Gasteiger partial charge is 0.229 e. The van der Waals surface area contributed by atoms with Gasteiger partial charge < -0.3 is 10.2 Å². The second-order valence-electron chi connectivity index (χ2n) is 3.83. The highest BCUT2D eigenvalue weighted by atomic mass is 79.9. The molecule has 0 aliphatic carbocycles. The van der Waals surface area contributed by atoms with Gasteiger partial charge in [-0.15, -0.1) is 0 Å². The van der Waals surface area contributed by atoms with E-state index in [1.54, 1.807) is 6.07 Å². The molecule has 3 aromatic rings. The minimum atomic E-state index is 0.475. The van der Waals surface area contributed by atoms with Gasteiger partial charge >= 0.3 is 0 Å². The SMILES string of the molecule is Nc1c(Cl)cccc1-c1nc2cc(Br)ccc2o1. The molecule has 0 amide bonds. The Kier molecular flexibility index (Phi) is 2.76. The molecule has 0 radical (unpaired) electrons. The van der Waals surface area contributed by atoms with Crippen molar-refractivity contribution in [3.8, 4) is 11.5 Å². The molecule has 0 atom stereocenters. The quantitative estimate of drug-likeness (QED) is 0.671. The number of para-hydroxylation sites is 1. The van der Waals surface area contributed by atoms with Crippen LogP contribution in [0.2, 0.25) is 5.02 Å². The highest BCUT2D eigenvalue weighted by Crippen LogP contribution is 2.33. The fourth-order valence-electron chi connectivity index (χ4n) is 1.74. The van der Waals surface area contributed by atoms with Gasteiger partial charge in [0.1, 0.15) is 5.52 Å². The number of oxazole rings is 1. The average Bonchev–Trinajstić information content (AvgIpc) is 2.75. The zero-order chi connectivity index (χ0) is 12.7. The first-order valence-electron chi connectivity index (χ1n) is 5.25. The van der Waals surface area contributed by atoms with Crippen LogP contribution < -0.4 is 5.73 Å². The van der Waals surface area contributed by atoms with E-state index in [9.17, 15) is 0 Å². The van der Waals surface area contributed by atoms with Gasteiger partial charge in [0.05, 0.1) is 16.3 Å². The molecule has 0 saturated heterocycles. The maximum Gasteiger partial charge on any atom is 0.229 e. The number of nitrogens with two attached hydrogens (primary N) is 1. The summed E-state index contributed by atoms with van der Waals surface area (Å²) in [5.41, 5.74) is 8.60. The molecule has 0 fully saturated rings. The molecule has 3 nitrogen and oxygen atoms in total. The molecule has 0 aliphatic rings. The van der Waals surface area contributed by atoms with E-state index in [-0.39, 0.29) is 0 Å². The molecule has 0 spiro atoms. The van der Waals surface area contributed by atoms with Crippen molar-refractivity contribution in [3.05, 3.63) is 45.9 Å². The summed E-state index contributed by atoms with van der Waals surface area (Å²) in [6, 6.07) is 11.0. The minimum absolute atomic E-state index is 0.475. The van der Waals surface area contributed by atoms with Crippen molar-refractivity contribution < 1.29 is 4.42 Å². The maximum atomic E-state index is 5.99. The Morgan fingerprint density at radius 3 is 2.89 bits per heavy atom. The van der Waals surface area contributed by atoms with Gasteiger partial charge in [0.2, 0.25) is 5.89 Å². The summed E-state index contributed by atoms with van der Waals surface area (Å²) in [6.45, 7) is 0. The van der Waals surface area contributed by atoms with Gasteiger partial charge in [-0.25, -0.2) is 4.98 Å². The Morgan fingerprint density at radius 1 is 1.22 bits per heavy atom. The van der Waals surface area contributed by atoms with Gasteiger partial charge in [0.25, 0.3) is 0 Å². The molecule has 0 bridgehead atoms. The predicted molar refractivity (Wildman–Crippen MR) is 76.6 cm³/mol. The van der Waals surface area contributed by atoms with E-state index in [0.717, 1.165) is 9.99 Å². The van der Waals surface area contributed by atoms with Crippen LogP contribution >= 0.6 is 27.5 Å². The van der Waals surface area contributed by atoms with Crippen LogP contribution in [-0.4, -0.2) is 4.98 Å². The van der Waals surface area contributed by atoms with E-state index < -0.39 is 0 Å². The number of fused-ring (bicyclic) bond motifs is 1. The largest absolute Gasteiger partial charge is 0.436 e. The topological polar surface area (TPSA) is 52.0 Å². The molecular weight excluding hydrogens is 316 g/mol. The first-order valence-corrected chi connectivity index (χ1v) is 6.43. The van der Waals surface area contributed by atoms with Crippen LogP contribution in [0.4, 0.5) is 5.69 Å². The molecule has 0 saturated carbocycles. The average molecular weight is 324 g/mol. The number of hydrogen-bond acceptors (Lipinski definition) is 3. The number of nitrogen functional groups attached to an aromatic ring is 1. The first kappa shape index (κ1) is 11.6. The third kappa shape index (κ3) is 1.87. The summed E-state index contributed by atoms with van der Waals surface area (Å²) in [4.78, 5) is 4.41. The van der Waals surface area contributed by atoms with Gasteiger partial charge in [-0.05, 0) is 30.3 Å². The van der Waals surface area contributed by atoms with Crippen molar-refractivity contribution in [2.45, 2.75) is 0 Å². The van der Waals surface area contributed by atoms with Gasteiger partial charge in [-0.2, -0.15) is 0 Å². The Labute approximate surface area is 117 Å². The van der Waals surface area contributed by atoms with Crippen molar-refractivity contribution in [2.75, 3.05) is 5.73 Å². The molecule has 0 aliphatic heterocycles. The zero-order valence-electron chi connectivity index (χ0n) is 9.15. The molecule has 2 N–H and O–H groups in total. The number of benzene rings is 2. The van der Waals surface area contributed by atoms with Gasteiger partial charge in [-0.1, -0.05) is 33.6 Å². The standard InChI is InChI=1S/C13H8BrClN2O/c14-7-4-5-11-10(6-7)17-13(18-11)8-2-1-3-9(15)12(8)16/h1-6H,16H2. The molecule has 5 heteroatoms. The summed E-state index contributed by atoms with van der Waals surface area (Å²) in [7, 11) is 0. The number of halogens is 2. The highest BCUT2D eigenvalue weighted by molar-refractivity contribution is 9.10. The number of anilines is 1. The fraction of sp³-hybridized carbons (Fsp3) is 0. The monoisotopic (exact) mass is 322 g/mol. The summed E-state index contributed by atoms with van der Waals surface area (Å²) in [5.74, 6) is 0.475. The molecule has 1 heterocycles. The lowest BCUT2D eigenvalue weighted by Gasteiger charge is -2.02. The van der Waals surface area contributed by atoms with E-state index in [0.29, 0.717) is 27.7 Å². The number of nitrogens with zero attached hydrogens (tertiary/aromatic N) is 1. The number of hydrogen-bond donors (Lipinski definition) is 1. The lowest BCUT2D eigenvalue weighted by atomic mass is 10.2. The van der Waals surface area contributed by atoms with Crippen LogP contribution in [0.1, 0.15) is 0 Å². The van der Waals surface area contributed by atoms with Crippen LogP contribution in [0.15, 0.2) is 45.3 Å². The highest BCUT2D eigenvalue weighted by Gasteiger charge is 2.12. The van der Waals surface area contributed by atoms with Crippen LogP contribution in [0.3, 0.4) is 0 Å². The van der Waals surface area contributed by atoms with Crippen molar-refractivity contribution in [1.82, 2.24) is 4.98 Å². The zero-order valence-corrected chi connectivity index (χ0v) is 11.5. The third-order valence-corrected chi connectivity index (χ3v) is 3.46. The summed E-state index contributed by atoms with van der Waals surface area (Å²) < 4.78 is 6.63. The van der Waals surface area contributed by atoms with E-state index in [4.69, 9.17) is 21.8 Å². The third-order valence-electron chi connectivity index (χ3n) is 2.63. The lowest BCUT2D eigenvalue weighted by molar-refractivity contribution is 0.620. The van der Waals surface area contributed by atoms with E-state index in [2.05, 4.69) is 20.9 Å². The Morgan fingerprint density at radius 2 is 2.06 bits per heavy atom. The second-order valence-corrected chi connectivity index (χ2v) is 5.16. The molecule has 1 aromatic heterocycles. The second kappa shape index (κ2) is 4.30. The van der Waals surface area contributed by atoms with Crippen molar-refractivity contribution >= 4 is 44.3 Å². The molecular formula is C13H8BrClN2O. The summed E-state index contributed by atoms with van der Waals surface area (Å²) in [6.07, 6.45) is 0. The fourth-order valence-corrected chi connectivity index (χ4v) is 2.26. The molecule has 3 rings (SSSR count). The number of rotatable bonds is 1. The Bertz CT molecular complexity index is 739. The molecule has 0 unspecified atom stereocenters. The van der Waals surface area contributed by atoms with E-state index in [1.807, 2.05) is 30.3 Å². The predicted octanol–water partition coefficient (Wildman–Crippen LogP) is 4.49. The molecule has 90 valence electrons. The Hall–Kier alpha value is -1.52. The van der Waals surface area contributed by atoms with E-state index >= 15 is 0 Å². The Balaban J connectivity index is 2.22. The summed E-state index contributed by atoms with van der Waals surface area (Å²) >= 11 is 9.38. The molecule has 18 heavy (non-hydrogen) atoms. The number of aromatic nitrogens is 1. The van der Waals surface area contributed by atoms with Crippen LogP contribution in [0.25, 0.3) is 22.6 Å². The summed E-state index contributed by atoms with van der Waals surface area (Å²) in [5, 5.41) is 0.496. The van der Waals surface area contributed by atoms with Crippen molar-refractivity contribution in [1.29, 1.82) is 0 Å².